The van der Waals surface area contributed by atoms with E-state index in [1.807, 2.05) is 78.9 Å². The molecule has 18 heteroatoms. The van der Waals surface area contributed by atoms with Gasteiger partial charge in [-0.1, -0.05) is 101 Å². The van der Waals surface area contributed by atoms with Gasteiger partial charge in [0.25, 0.3) is 5.56 Å². The van der Waals surface area contributed by atoms with Gasteiger partial charge in [-0.05, 0) is 84.9 Å². The summed E-state index contributed by atoms with van der Waals surface area (Å²) >= 11 is 6.02. The fraction of sp³-hybridized carbons (Fsp3) is 0.362. The number of amides is 1. The standard InChI is InChI=1S/C41H41ClN5O10P.C6H15N/c1-25(2)38(48)45-40-44-37-36(39(49)46-40)43-24-47(37)35-22-33(57-58(50,51)56-32-20-14-29(42)15-21-32)34(55-35)23-54-41(26-8-6-5-7-9-26,27-10-16-30(52-3)17-11-27)28-12-18-31(53-4)19-13-28;1-4-7(5-2)6-3/h5-21,24-25,33-35H,22-23H2,1-4H3,(H,50,51)(H2,44,45,46,48,49);4-6H2,1-3H3/t33-,34+,35+;/m0./s1. The van der Waals surface area contributed by atoms with E-state index in [0.717, 1.165) is 16.7 Å². The molecular weight excluding hydrogens is 875 g/mol. The Labute approximate surface area is 383 Å². The van der Waals surface area contributed by atoms with E-state index in [0.29, 0.717) is 16.5 Å². The SMILES string of the molecule is CCN(CC)CC.COc1ccc(C(OC[C@H]2O[C@@H](n3cnc4c(=O)[nH]c(NC(=O)C(C)C)nc43)C[C@@H]2OP(=O)(O)Oc2ccc(Cl)cc2)(c2ccccc2)c2ccc(OC)cc2)cc1. The Bertz CT molecular complexity index is 2520. The van der Waals surface area contributed by atoms with Crippen LogP contribution < -0.4 is 24.9 Å². The fourth-order valence-corrected chi connectivity index (χ4v) is 8.48. The summed E-state index contributed by atoms with van der Waals surface area (Å²) in [5, 5.41) is 3.02. The van der Waals surface area contributed by atoms with Gasteiger partial charge in [-0.15, -0.1) is 0 Å². The van der Waals surface area contributed by atoms with Crippen LogP contribution in [0, 0.1) is 5.92 Å². The third-order valence-corrected chi connectivity index (χ3v) is 12.2. The number of hydrogen-bond acceptors (Lipinski definition) is 12. The van der Waals surface area contributed by atoms with Crippen molar-refractivity contribution in [2.45, 2.75) is 65.1 Å². The number of fused-ring (bicyclic) bond motifs is 1. The lowest BCUT2D eigenvalue weighted by Gasteiger charge is -2.37. The van der Waals surface area contributed by atoms with Crippen molar-refractivity contribution in [3.63, 3.8) is 0 Å². The Kier molecular flexibility index (Phi) is 16.6. The van der Waals surface area contributed by atoms with Crippen LogP contribution in [-0.2, 0) is 29.0 Å². The summed E-state index contributed by atoms with van der Waals surface area (Å²) in [6.45, 7) is 13.3. The van der Waals surface area contributed by atoms with E-state index in [1.54, 1.807) is 28.1 Å². The number of aromatic nitrogens is 4. The van der Waals surface area contributed by atoms with Gasteiger partial charge >= 0.3 is 7.82 Å². The Morgan fingerprint density at radius 1 is 0.908 bits per heavy atom. The normalized spacial score (nSPS) is 17.1. The molecule has 1 aliphatic rings. The van der Waals surface area contributed by atoms with Crippen LogP contribution in [0.25, 0.3) is 11.2 Å². The zero-order chi connectivity index (χ0) is 46.7. The molecule has 0 aliphatic carbocycles. The van der Waals surface area contributed by atoms with Gasteiger partial charge in [0, 0.05) is 17.4 Å². The highest BCUT2D eigenvalue weighted by atomic mass is 35.5. The van der Waals surface area contributed by atoms with Crippen molar-refractivity contribution in [1.29, 1.82) is 0 Å². The van der Waals surface area contributed by atoms with E-state index in [1.165, 1.54) is 54.8 Å². The number of methoxy groups -OCH3 is 2. The minimum absolute atomic E-state index is 0.00989. The Morgan fingerprint density at radius 3 is 1.98 bits per heavy atom. The van der Waals surface area contributed by atoms with Crippen molar-refractivity contribution in [1.82, 2.24) is 24.4 Å². The summed E-state index contributed by atoms with van der Waals surface area (Å²) in [5.74, 6) is 0.522. The molecule has 6 aromatic rings. The summed E-state index contributed by atoms with van der Waals surface area (Å²) in [6, 6.07) is 30.5. The predicted octanol–water partition coefficient (Wildman–Crippen LogP) is 8.59. The molecule has 3 N–H and O–H groups in total. The van der Waals surface area contributed by atoms with Crippen molar-refractivity contribution in [3.05, 3.63) is 142 Å². The number of carbonyl (C=O) groups is 1. The number of phosphoric acid groups is 1. The molecule has 65 heavy (non-hydrogen) atoms. The number of benzene rings is 4. The number of halogens is 1. The van der Waals surface area contributed by atoms with Crippen LogP contribution in [0.4, 0.5) is 5.95 Å². The highest BCUT2D eigenvalue weighted by Gasteiger charge is 2.46. The van der Waals surface area contributed by atoms with Gasteiger partial charge in [-0.2, -0.15) is 4.98 Å². The van der Waals surface area contributed by atoms with E-state index >= 15 is 0 Å². The number of ether oxygens (including phenoxy) is 4. The minimum Gasteiger partial charge on any atom is -0.497 e. The molecule has 7 rings (SSSR count). The summed E-state index contributed by atoms with van der Waals surface area (Å²) in [7, 11) is -1.65. The van der Waals surface area contributed by atoms with Crippen LogP contribution >= 0.6 is 19.4 Å². The quantitative estimate of drug-likeness (QED) is 0.0550. The lowest BCUT2D eigenvalue weighted by Crippen LogP contribution is -2.38. The molecule has 0 saturated carbocycles. The summed E-state index contributed by atoms with van der Waals surface area (Å²) < 4.78 is 51.1. The lowest BCUT2D eigenvalue weighted by atomic mass is 9.80. The molecule has 0 spiro atoms. The number of hydrogen-bond donors (Lipinski definition) is 3. The molecular formula is C47H56ClN6O10P. The van der Waals surface area contributed by atoms with Crippen molar-refractivity contribution in [3.8, 4) is 17.2 Å². The average molecular weight is 931 g/mol. The first-order valence-electron chi connectivity index (χ1n) is 21.3. The molecule has 2 aromatic heterocycles. The van der Waals surface area contributed by atoms with Crippen LogP contribution in [0.15, 0.2) is 114 Å². The monoisotopic (exact) mass is 930 g/mol. The second kappa shape index (κ2) is 22.1. The van der Waals surface area contributed by atoms with Gasteiger partial charge in [0.1, 0.15) is 41.3 Å². The number of nitrogens with zero attached hydrogens (tertiary/aromatic N) is 4. The van der Waals surface area contributed by atoms with E-state index < -0.39 is 37.4 Å². The third kappa shape index (κ3) is 11.8. The van der Waals surface area contributed by atoms with Crippen molar-refractivity contribution in [2.75, 3.05) is 45.8 Å². The topological polar surface area (TPSA) is 189 Å². The molecule has 1 unspecified atom stereocenters. The molecule has 0 radical (unpaired) electrons. The molecule has 346 valence electrons. The number of rotatable bonds is 18. The second-order valence-electron chi connectivity index (χ2n) is 15.3. The third-order valence-electron chi connectivity index (χ3n) is 11.0. The van der Waals surface area contributed by atoms with Gasteiger partial charge < -0.3 is 28.4 Å². The molecule has 1 aliphatic heterocycles. The number of phosphoric ester groups is 1. The number of nitrogens with one attached hydrogen (secondary N) is 2. The van der Waals surface area contributed by atoms with Crippen molar-refractivity contribution < 1.29 is 42.2 Å². The highest BCUT2D eigenvalue weighted by Crippen LogP contribution is 2.50. The minimum atomic E-state index is -4.81. The molecule has 4 aromatic carbocycles. The largest absolute Gasteiger partial charge is 0.527 e. The lowest BCUT2D eigenvalue weighted by molar-refractivity contribution is -0.118. The fourth-order valence-electron chi connectivity index (χ4n) is 7.36. The van der Waals surface area contributed by atoms with Gasteiger partial charge in [0.2, 0.25) is 11.9 Å². The Hall–Kier alpha value is -5.58. The first-order chi connectivity index (χ1) is 31.2. The van der Waals surface area contributed by atoms with Crippen molar-refractivity contribution >= 4 is 42.4 Å². The maximum Gasteiger partial charge on any atom is 0.527 e. The van der Waals surface area contributed by atoms with Crippen LogP contribution in [-0.4, -0.2) is 87.9 Å². The molecule has 3 heterocycles. The maximum atomic E-state index is 13.6. The molecule has 0 bridgehead atoms. The number of imidazole rings is 1. The zero-order valence-electron chi connectivity index (χ0n) is 37.5. The number of H-pyrrole nitrogens is 1. The number of carbonyl (C=O) groups excluding carboxylic acids is 1. The van der Waals surface area contributed by atoms with E-state index in [9.17, 15) is 19.0 Å². The predicted molar refractivity (Wildman–Crippen MR) is 249 cm³/mol. The molecule has 1 amide bonds. The van der Waals surface area contributed by atoms with E-state index in [2.05, 4.69) is 45.9 Å². The number of anilines is 1. The van der Waals surface area contributed by atoms with E-state index in [4.69, 9.17) is 39.6 Å². The molecule has 4 atom stereocenters. The van der Waals surface area contributed by atoms with Gasteiger partial charge in [0.15, 0.2) is 11.2 Å². The van der Waals surface area contributed by atoms with Crippen LogP contribution in [0.2, 0.25) is 5.02 Å². The first-order valence-corrected chi connectivity index (χ1v) is 23.2. The van der Waals surface area contributed by atoms with Crippen molar-refractivity contribution in [2.24, 2.45) is 5.92 Å². The van der Waals surface area contributed by atoms with Crippen LogP contribution in [0.1, 0.15) is 64.0 Å². The van der Waals surface area contributed by atoms with E-state index in [-0.39, 0.29) is 47.7 Å². The summed E-state index contributed by atoms with van der Waals surface area (Å²) in [5.41, 5.74) is 0.505. The summed E-state index contributed by atoms with van der Waals surface area (Å²) in [4.78, 5) is 50.3. The number of aromatic amines is 1. The average Bonchev–Trinajstić information content (AvgIpc) is 3.92. The maximum absolute atomic E-state index is 13.6. The second-order valence-corrected chi connectivity index (χ2v) is 17.1. The van der Waals surface area contributed by atoms with Crippen LogP contribution in [0.5, 0.6) is 17.2 Å². The highest BCUT2D eigenvalue weighted by molar-refractivity contribution is 7.47. The Morgan fingerprint density at radius 2 is 1.46 bits per heavy atom. The van der Waals surface area contributed by atoms with Gasteiger partial charge in [0.05, 0.1) is 27.2 Å². The zero-order valence-corrected chi connectivity index (χ0v) is 39.1. The van der Waals surface area contributed by atoms with Crippen LogP contribution in [0.3, 0.4) is 0 Å². The Balaban J connectivity index is 0.000000925. The first kappa shape index (κ1) is 48.9. The molecule has 1 saturated heterocycles. The smallest absolute Gasteiger partial charge is 0.497 e. The summed E-state index contributed by atoms with van der Waals surface area (Å²) in [6.07, 6.45) is -1.72. The van der Waals surface area contributed by atoms with Gasteiger partial charge in [-0.3, -0.25) is 33.9 Å². The van der Waals surface area contributed by atoms with Gasteiger partial charge in [-0.25, -0.2) is 9.55 Å². The molecule has 16 nitrogen and oxygen atoms in total. The molecule has 1 fully saturated rings.